The summed E-state index contributed by atoms with van der Waals surface area (Å²) in [6.45, 7) is 4.03. The summed E-state index contributed by atoms with van der Waals surface area (Å²) in [5, 5.41) is 10.00. The number of hydrogen-bond donors (Lipinski definition) is 2. The lowest BCUT2D eigenvalue weighted by atomic mass is 9.88. The van der Waals surface area contributed by atoms with Crippen molar-refractivity contribution >= 4 is 5.91 Å². The number of piperidine rings is 1. The van der Waals surface area contributed by atoms with Crippen LogP contribution < -0.4 is 5.73 Å². The second-order valence-electron chi connectivity index (χ2n) is 6.71. The molecule has 1 fully saturated rings. The molecule has 1 aliphatic heterocycles. The molecule has 2 aromatic carbocycles. The molecule has 2 aromatic rings. The zero-order valence-corrected chi connectivity index (χ0v) is 14.7. The van der Waals surface area contributed by atoms with Gasteiger partial charge in [-0.15, -0.1) is 0 Å². The molecule has 4 nitrogen and oxygen atoms in total. The minimum atomic E-state index is 0.00659. The first kappa shape index (κ1) is 17.5. The third-order valence-corrected chi connectivity index (χ3v) is 5.15. The van der Waals surface area contributed by atoms with Crippen molar-refractivity contribution in [1.29, 1.82) is 0 Å². The van der Waals surface area contributed by atoms with Crippen molar-refractivity contribution < 1.29 is 9.90 Å². The zero-order chi connectivity index (χ0) is 17.8. The molecular weight excluding hydrogens is 312 g/mol. The summed E-state index contributed by atoms with van der Waals surface area (Å²) in [4.78, 5) is 14.6. The molecule has 1 saturated heterocycles. The first-order valence-electron chi connectivity index (χ1n) is 9.02. The lowest BCUT2D eigenvalue weighted by molar-refractivity contribution is 0.0712. The predicted octanol–water partition coefficient (Wildman–Crippen LogP) is 3.43. The van der Waals surface area contributed by atoms with Gasteiger partial charge in [-0.25, -0.2) is 0 Å². The highest BCUT2D eigenvalue weighted by Crippen LogP contribution is 2.29. The van der Waals surface area contributed by atoms with Crippen LogP contribution in [0.5, 0.6) is 5.75 Å². The first-order valence-corrected chi connectivity index (χ1v) is 9.02. The van der Waals surface area contributed by atoms with Crippen molar-refractivity contribution in [3.8, 4) is 5.75 Å². The number of rotatable bonds is 4. The van der Waals surface area contributed by atoms with Crippen LogP contribution in [0.4, 0.5) is 0 Å². The Balaban J connectivity index is 1.65. The van der Waals surface area contributed by atoms with Gasteiger partial charge in [-0.05, 0) is 54.0 Å². The van der Waals surface area contributed by atoms with Crippen molar-refractivity contribution in [1.82, 2.24) is 4.90 Å². The zero-order valence-electron chi connectivity index (χ0n) is 14.7. The Hall–Kier alpha value is -2.33. The Bertz CT molecular complexity index is 749. The van der Waals surface area contributed by atoms with Gasteiger partial charge in [-0.2, -0.15) is 0 Å². The molecule has 132 valence electrons. The van der Waals surface area contributed by atoms with Crippen LogP contribution in [0.3, 0.4) is 0 Å². The van der Waals surface area contributed by atoms with Gasteiger partial charge >= 0.3 is 0 Å². The highest BCUT2D eigenvalue weighted by atomic mass is 16.3. The van der Waals surface area contributed by atoms with Gasteiger partial charge in [0.25, 0.3) is 5.91 Å². The second kappa shape index (κ2) is 7.70. The number of aromatic hydroxyl groups is 1. The molecule has 3 rings (SSSR count). The number of likely N-dealkylation sites (tertiary alicyclic amines) is 1. The Morgan fingerprint density at radius 2 is 1.96 bits per heavy atom. The summed E-state index contributed by atoms with van der Waals surface area (Å²) < 4.78 is 0. The summed E-state index contributed by atoms with van der Waals surface area (Å²) in [5.74, 6) is 0.695. The maximum atomic E-state index is 12.7. The fourth-order valence-electron chi connectivity index (χ4n) is 3.57. The van der Waals surface area contributed by atoms with Gasteiger partial charge in [0, 0.05) is 25.2 Å². The van der Waals surface area contributed by atoms with Crippen LogP contribution in [0.2, 0.25) is 0 Å². The number of phenols is 1. The predicted molar refractivity (Wildman–Crippen MR) is 99.7 cm³/mol. The maximum absolute atomic E-state index is 12.7. The van der Waals surface area contributed by atoms with Crippen LogP contribution in [0.15, 0.2) is 42.5 Å². The maximum Gasteiger partial charge on any atom is 0.253 e. The second-order valence-corrected chi connectivity index (χ2v) is 6.71. The van der Waals surface area contributed by atoms with Crippen molar-refractivity contribution in [3.63, 3.8) is 0 Å². The van der Waals surface area contributed by atoms with E-state index in [4.69, 9.17) is 5.73 Å². The van der Waals surface area contributed by atoms with Gasteiger partial charge in [0.05, 0.1) is 0 Å². The van der Waals surface area contributed by atoms with Crippen LogP contribution in [-0.2, 0) is 13.0 Å². The van der Waals surface area contributed by atoms with Crippen molar-refractivity contribution in [2.45, 2.75) is 38.6 Å². The molecular formula is C21H26N2O2. The van der Waals surface area contributed by atoms with E-state index in [-0.39, 0.29) is 11.7 Å². The number of hydrogen-bond acceptors (Lipinski definition) is 3. The fourth-order valence-corrected chi connectivity index (χ4v) is 3.57. The van der Waals surface area contributed by atoms with Crippen LogP contribution in [0.1, 0.15) is 52.7 Å². The number of aryl methyl sites for hydroxylation is 1. The van der Waals surface area contributed by atoms with E-state index in [1.54, 1.807) is 6.07 Å². The van der Waals surface area contributed by atoms with E-state index in [0.29, 0.717) is 18.0 Å². The summed E-state index contributed by atoms with van der Waals surface area (Å²) >= 11 is 0. The minimum Gasteiger partial charge on any atom is -0.508 e. The molecule has 3 N–H and O–H groups in total. The molecule has 0 aliphatic carbocycles. The standard InChI is InChI=1S/C21H26N2O2/c1-2-16-6-7-19(13-20(16)24)21(25)23-10-8-17(9-11-23)18-5-3-4-15(12-18)14-22/h3-7,12-13,17,24H,2,8-11,14,22H2,1H3. The number of carbonyl (C=O) groups is 1. The molecule has 0 aromatic heterocycles. The van der Waals surface area contributed by atoms with Crippen LogP contribution >= 0.6 is 0 Å². The average molecular weight is 338 g/mol. The first-order chi connectivity index (χ1) is 12.1. The smallest absolute Gasteiger partial charge is 0.253 e. The number of nitrogens with zero attached hydrogens (tertiary/aromatic N) is 1. The van der Waals surface area contributed by atoms with E-state index in [1.807, 2.05) is 24.0 Å². The van der Waals surface area contributed by atoms with Crippen LogP contribution in [-0.4, -0.2) is 29.0 Å². The highest BCUT2D eigenvalue weighted by molar-refractivity contribution is 5.94. The van der Waals surface area contributed by atoms with E-state index < -0.39 is 0 Å². The number of nitrogens with two attached hydrogens (primary N) is 1. The topological polar surface area (TPSA) is 66.6 Å². The lowest BCUT2D eigenvalue weighted by Crippen LogP contribution is -2.37. The molecule has 1 amide bonds. The number of benzene rings is 2. The number of phenolic OH excluding ortho intramolecular Hbond substituents is 1. The van der Waals surface area contributed by atoms with Gasteiger partial charge < -0.3 is 15.7 Å². The third kappa shape index (κ3) is 3.85. The Morgan fingerprint density at radius 3 is 2.60 bits per heavy atom. The van der Waals surface area contributed by atoms with E-state index in [1.165, 1.54) is 5.56 Å². The summed E-state index contributed by atoms with van der Waals surface area (Å²) in [7, 11) is 0. The number of amides is 1. The normalized spacial score (nSPS) is 15.4. The molecule has 1 heterocycles. The molecule has 0 bridgehead atoms. The van der Waals surface area contributed by atoms with Crippen LogP contribution in [0, 0.1) is 0 Å². The number of carbonyl (C=O) groups excluding carboxylic acids is 1. The lowest BCUT2D eigenvalue weighted by Gasteiger charge is -2.32. The molecule has 4 heteroatoms. The Kier molecular flexibility index (Phi) is 5.39. The molecule has 0 radical (unpaired) electrons. The molecule has 25 heavy (non-hydrogen) atoms. The summed E-state index contributed by atoms with van der Waals surface area (Å²) in [5.41, 5.74) is 9.65. The van der Waals surface area contributed by atoms with Crippen LogP contribution in [0.25, 0.3) is 0 Å². The monoisotopic (exact) mass is 338 g/mol. The SMILES string of the molecule is CCc1ccc(C(=O)N2CCC(c3cccc(CN)c3)CC2)cc1O. The van der Waals surface area contributed by atoms with E-state index in [9.17, 15) is 9.90 Å². The highest BCUT2D eigenvalue weighted by Gasteiger charge is 2.25. The molecule has 0 saturated carbocycles. The van der Waals surface area contributed by atoms with Crippen molar-refractivity contribution in [2.75, 3.05) is 13.1 Å². The van der Waals surface area contributed by atoms with Gasteiger partial charge in [0.2, 0.25) is 0 Å². The largest absolute Gasteiger partial charge is 0.508 e. The van der Waals surface area contributed by atoms with Crippen molar-refractivity contribution in [3.05, 3.63) is 64.7 Å². The summed E-state index contributed by atoms with van der Waals surface area (Å²) in [6.07, 6.45) is 2.67. The fraction of sp³-hybridized carbons (Fsp3) is 0.381. The third-order valence-electron chi connectivity index (χ3n) is 5.15. The quantitative estimate of drug-likeness (QED) is 0.897. The molecule has 0 spiro atoms. The van der Waals surface area contributed by atoms with E-state index in [2.05, 4.69) is 24.3 Å². The van der Waals surface area contributed by atoms with Gasteiger partial charge in [0.15, 0.2) is 0 Å². The Labute approximate surface area is 149 Å². The van der Waals surface area contributed by atoms with E-state index in [0.717, 1.165) is 43.5 Å². The van der Waals surface area contributed by atoms with Crippen molar-refractivity contribution in [2.24, 2.45) is 5.73 Å². The molecule has 0 atom stereocenters. The molecule has 1 aliphatic rings. The summed E-state index contributed by atoms with van der Waals surface area (Å²) in [6, 6.07) is 13.7. The van der Waals surface area contributed by atoms with E-state index >= 15 is 0 Å². The average Bonchev–Trinajstić information content (AvgIpc) is 2.67. The van der Waals surface area contributed by atoms with Gasteiger partial charge in [0.1, 0.15) is 5.75 Å². The minimum absolute atomic E-state index is 0.00659. The Morgan fingerprint density at radius 1 is 1.20 bits per heavy atom. The van der Waals surface area contributed by atoms with Gasteiger partial charge in [-0.1, -0.05) is 37.3 Å². The molecule has 0 unspecified atom stereocenters. The van der Waals surface area contributed by atoms with Gasteiger partial charge in [-0.3, -0.25) is 4.79 Å².